The van der Waals surface area contributed by atoms with Crippen LogP contribution in [0.5, 0.6) is 0 Å². The van der Waals surface area contributed by atoms with Crippen molar-refractivity contribution in [2.75, 3.05) is 0 Å². The minimum Gasteiger partial charge on any atom is -0.281 e. The smallest absolute Gasteiger partial charge is 0.281 e. The van der Waals surface area contributed by atoms with Crippen molar-refractivity contribution in [1.82, 2.24) is 0 Å². The molecule has 0 fully saturated rings. The van der Waals surface area contributed by atoms with Crippen molar-refractivity contribution < 1.29 is 87.6 Å². The third-order valence-corrected chi connectivity index (χ3v) is 3.92. The molecule has 0 amide bonds. The van der Waals surface area contributed by atoms with E-state index in [1.807, 2.05) is 0 Å². The molecule has 0 unspecified atom stereocenters. The van der Waals surface area contributed by atoms with Crippen LogP contribution in [0.3, 0.4) is 0 Å². The van der Waals surface area contributed by atoms with Crippen LogP contribution in [-0.2, 0) is 10.1 Å². The molecule has 1 N–H and O–H groups in total. The van der Waals surface area contributed by atoms with Gasteiger partial charge in [0.15, 0.2) is 0 Å². The van der Waals surface area contributed by atoms with Gasteiger partial charge in [-0.2, -0.15) is 83.1 Å². The molecular formula is C8HF17InO3S. The van der Waals surface area contributed by atoms with Crippen molar-refractivity contribution in [2.24, 2.45) is 0 Å². The predicted octanol–water partition coefficient (Wildman–Crippen LogP) is 4.46. The van der Waals surface area contributed by atoms with Gasteiger partial charge in [0.1, 0.15) is 0 Å². The zero-order valence-corrected chi connectivity index (χ0v) is 16.8. The van der Waals surface area contributed by atoms with Gasteiger partial charge in [0, 0.05) is 25.8 Å². The van der Waals surface area contributed by atoms with Gasteiger partial charge in [0.05, 0.1) is 0 Å². The van der Waals surface area contributed by atoms with Crippen LogP contribution in [0.1, 0.15) is 0 Å². The van der Waals surface area contributed by atoms with E-state index in [1.165, 1.54) is 0 Å². The van der Waals surface area contributed by atoms with E-state index < -0.39 is 57.1 Å². The van der Waals surface area contributed by atoms with E-state index in [1.54, 1.807) is 0 Å². The first-order valence-electron chi connectivity index (χ1n) is 5.68. The van der Waals surface area contributed by atoms with E-state index in [2.05, 4.69) is 0 Å². The average molecular weight is 615 g/mol. The van der Waals surface area contributed by atoms with E-state index in [0.717, 1.165) is 0 Å². The number of alkyl halides is 17. The third-order valence-electron chi connectivity index (χ3n) is 3.02. The van der Waals surface area contributed by atoms with Crippen molar-refractivity contribution in [3.05, 3.63) is 0 Å². The second-order valence-electron chi connectivity index (χ2n) is 4.94. The van der Waals surface area contributed by atoms with Crippen LogP contribution in [0, 0.1) is 0 Å². The fraction of sp³-hybridized carbons (Fsp3) is 1.00. The van der Waals surface area contributed by atoms with Crippen LogP contribution in [0.25, 0.3) is 0 Å². The largest absolute Gasteiger partial charge is 0.460 e. The van der Waals surface area contributed by atoms with Gasteiger partial charge >= 0.3 is 57.1 Å². The summed E-state index contributed by atoms with van der Waals surface area (Å²) < 4.78 is 242. The maximum atomic E-state index is 13.0. The van der Waals surface area contributed by atoms with E-state index in [-0.39, 0.29) is 25.8 Å². The zero-order chi connectivity index (χ0) is 24.5. The Morgan fingerprint density at radius 2 is 0.633 bits per heavy atom. The van der Waals surface area contributed by atoms with Gasteiger partial charge in [-0.1, -0.05) is 0 Å². The Morgan fingerprint density at radius 3 is 0.833 bits per heavy atom. The number of rotatable bonds is 7. The maximum Gasteiger partial charge on any atom is 0.460 e. The van der Waals surface area contributed by atoms with Crippen LogP contribution in [0.15, 0.2) is 0 Å². The predicted molar refractivity (Wildman–Crippen MR) is 58.0 cm³/mol. The summed E-state index contributed by atoms with van der Waals surface area (Å²) >= 11 is 0. The zero-order valence-electron chi connectivity index (χ0n) is 12.7. The van der Waals surface area contributed by atoms with Crippen molar-refractivity contribution in [3.63, 3.8) is 0 Å². The molecule has 0 aromatic rings. The molecule has 0 heterocycles. The fourth-order valence-electron chi connectivity index (χ4n) is 1.31. The molecule has 0 aliphatic rings. The minimum atomic E-state index is -8.89. The molecule has 0 aromatic carbocycles. The molecule has 0 aromatic heterocycles. The molecule has 0 rings (SSSR count). The molecule has 0 atom stereocenters. The second-order valence-corrected chi connectivity index (χ2v) is 6.40. The SMILES string of the molecule is O=S(=O)(O)C(F)(F)C(F)(F)C(F)(F)C(F)(F)C(F)(F)C(F)(F)C(F)(F)C(F)(F)F.[In]. The first-order chi connectivity index (χ1) is 12.0. The van der Waals surface area contributed by atoms with Crippen LogP contribution < -0.4 is 0 Å². The summed E-state index contributed by atoms with van der Waals surface area (Å²) in [6.07, 6.45) is -7.88. The monoisotopic (exact) mass is 615 g/mol. The molecule has 3 radical (unpaired) electrons. The molecule has 0 saturated carbocycles. The van der Waals surface area contributed by atoms with Gasteiger partial charge in [0.2, 0.25) is 0 Å². The van der Waals surface area contributed by atoms with Gasteiger partial charge in [-0.15, -0.1) is 0 Å². The second kappa shape index (κ2) is 7.58. The average Bonchev–Trinajstić information content (AvgIpc) is 2.43. The van der Waals surface area contributed by atoms with E-state index in [0.29, 0.717) is 0 Å². The van der Waals surface area contributed by atoms with Crippen LogP contribution in [0.4, 0.5) is 74.6 Å². The fourth-order valence-corrected chi connectivity index (χ4v) is 1.76. The van der Waals surface area contributed by atoms with Gasteiger partial charge in [-0.05, 0) is 0 Å². The van der Waals surface area contributed by atoms with Gasteiger partial charge in [-0.25, -0.2) is 0 Å². The van der Waals surface area contributed by atoms with Gasteiger partial charge in [-0.3, -0.25) is 4.55 Å². The number of halogens is 17. The third kappa shape index (κ3) is 3.81. The Hall–Kier alpha value is -0.410. The first-order valence-corrected chi connectivity index (χ1v) is 7.12. The Kier molecular flexibility index (Phi) is 8.03. The molecule has 0 aliphatic heterocycles. The normalized spacial score (nSPS) is 16.3. The molecule has 0 aliphatic carbocycles. The van der Waals surface area contributed by atoms with Gasteiger partial charge < -0.3 is 0 Å². The van der Waals surface area contributed by atoms with Gasteiger partial charge in [0.25, 0.3) is 0 Å². The molecular weight excluding hydrogens is 614 g/mol. The number of hydrogen-bond donors (Lipinski definition) is 1. The van der Waals surface area contributed by atoms with E-state index >= 15 is 0 Å². The topological polar surface area (TPSA) is 54.4 Å². The Morgan fingerprint density at radius 1 is 0.433 bits per heavy atom. The molecule has 0 saturated heterocycles. The molecule has 0 bridgehead atoms. The summed E-state index contributed by atoms with van der Waals surface area (Å²) in [6, 6.07) is 0. The summed E-state index contributed by atoms with van der Waals surface area (Å²) in [7, 11) is -7.89. The summed E-state index contributed by atoms with van der Waals surface area (Å²) in [4.78, 5) is 0. The standard InChI is InChI=1S/C8HF17O3S.In/c9-1(10,3(13,14)5(17,18)7(21,22)23)2(11,12)4(15,16)6(19,20)8(24,25)29(26,27)28;/h(H,26,27,28);. The Balaban J connectivity index is 0. The molecule has 0 spiro atoms. The van der Waals surface area contributed by atoms with Crippen molar-refractivity contribution in [3.8, 4) is 0 Å². The first kappa shape index (κ1) is 31.8. The van der Waals surface area contributed by atoms with Crippen molar-refractivity contribution >= 4 is 36.0 Å². The van der Waals surface area contributed by atoms with Crippen LogP contribution in [0.2, 0.25) is 0 Å². The maximum absolute atomic E-state index is 13.0. The van der Waals surface area contributed by atoms with Crippen molar-refractivity contribution in [2.45, 2.75) is 47.0 Å². The minimum absolute atomic E-state index is 0. The summed E-state index contributed by atoms with van der Waals surface area (Å²) in [6.45, 7) is 0. The summed E-state index contributed by atoms with van der Waals surface area (Å²) in [5.41, 5.74) is 0. The Bertz CT molecular complexity index is 739. The number of hydrogen-bond acceptors (Lipinski definition) is 2. The molecule has 22 heteroatoms. The summed E-state index contributed by atoms with van der Waals surface area (Å²) in [5.74, 6) is -52.0. The molecule has 179 valence electrons. The van der Waals surface area contributed by atoms with Crippen molar-refractivity contribution in [1.29, 1.82) is 0 Å². The van der Waals surface area contributed by atoms with Crippen LogP contribution >= 0.6 is 0 Å². The quantitative estimate of drug-likeness (QED) is 0.341. The molecule has 3 nitrogen and oxygen atoms in total. The van der Waals surface area contributed by atoms with Crippen LogP contribution in [-0.4, -0.2) is 85.8 Å². The summed E-state index contributed by atoms with van der Waals surface area (Å²) in [5, 5.41) is -7.84. The molecule has 30 heavy (non-hydrogen) atoms. The Labute approximate surface area is 171 Å². The van der Waals surface area contributed by atoms with E-state index in [4.69, 9.17) is 4.55 Å². The van der Waals surface area contributed by atoms with E-state index in [9.17, 15) is 83.1 Å².